The number of carbonyl (C=O) groups excluding carboxylic acids is 3. The third kappa shape index (κ3) is 3.87. The van der Waals surface area contributed by atoms with Gasteiger partial charge in [0.15, 0.2) is 0 Å². The van der Waals surface area contributed by atoms with Crippen molar-refractivity contribution in [2.75, 3.05) is 19.7 Å². The van der Waals surface area contributed by atoms with Gasteiger partial charge in [0.05, 0.1) is 6.61 Å². The molecule has 1 aliphatic heterocycles. The summed E-state index contributed by atoms with van der Waals surface area (Å²) < 4.78 is 4.80. The topological polar surface area (TPSA) is 75.7 Å². The van der Waals surface area contributed by atoms with Crippen molar-refractivity contribution in [2.45, 2.75) is 25.8 Å². The van der Waals surface area contributed by atoms with Crippen molar-refractivity contribution >= 4 is 17.8 Å². The fourth-order valence-electron chi connectivity index (χ4n) is 1.77. The monoisotopic (exact) mass is 254 g/mol. The van der Waals surface area contributed by atoms with Crippen LogP contribution >= 0.6 is 0 Å². The van der Waals surface area contributed by atoms with E-state index in [9.17, 15) is 14.4 Å². The van der Waals surface area contributed by atoms with Gasteiger partial charge in [0.2, 0.25) is 11.8 Å². The van der Waals surface area contributed by atoms with Gasteiger partial charge in [-0.3, -0.25) is 14.4 Å². The first-order valence-corrected chi connectivity index (χ1v) is 5.93. The zero-order chi connectivity index (χ0) is 13.5. The van der Waals surface area contributed by atoms with Crippen LogP contribution in [0.5, 0.6) is 0 Å². The lowest BCUT2D eigenvalue weighted by Crippen LogP contribution is -2.46. The number of nitrogens with zero attached hydrogens (tertiary/aromatic N) is 1. The number of carbonyl (C=O) groups is 3. The Kier molecular flexibility index (Phi) is 5.35. The molecule has 1 aliphatic rings. The van der Waals surface area contributed by atoms with Gasteiger partial charge >= 0.3 is 5.97 Å². The van der Waals surface area contributed by atoms with E-state index >= 15 is 0 Å². The first kappa shape index (κ1) is 14.2. The number of hydrogen-bond acceptors (Lipinski definition) is 4. The molecule has 6 nitrogen and oxygen atoms in total. The number of rotatable bonds is 6. The molecule has 0 spiro atoms. The Hall–Kier alpha value is -1.85. The molecule has 0 aliphatic carbocycles. The predicted molar refractivity (Wildman–Crippen MR) is 64.6 cm³/mol. The van der Waals surface area contributed by atoms with E-state index in [0.717, 1.165) is 0 Å². The van der Waals surface area contributed by atoms with Gasteiger partial charge in [-0.1, -0.05) is 6.08 Å². The molecule has 1 rings (SSSR count). The molecule has 1 fully saturated rings. The molecule has 1 N–H and O–H groups in total. The Morgan fingerprint density at radius 2 is 2.33 bits per heavy atom. The molecule has 0 aromatic rings. The normalized spacial score (nSPS) is 18.1. The molecular formula is C12H18N2O4. The van der Waals surface area contributed by atoms with E-state index in [1.165, 1.54) is 11.0 Å². The second-order valence-corrected chi connectivity index (χ2v) is 3.97. The van der Waals surface area contributed by atoms with Gasteiger partial charge in [-0.15, -0.1) is 6.58 Å². The van der Waals surface area contributed by atoms with Gasteiger partial charge in [-0.25, -0.2) is 0 Å². The van der Waals surface area contributed by atoms with E-state index in [1.54, 1.807) is 6.92 Å². The third-order valence-electron chi connectivity index (χ3n) is 2.58. The minimum absolute atomic E-state index is 0.120. The Balaban J connectivity index is 2.59. The first-order valence-electron chi connectivity index (χ1n) is 5.93. The van der Waals surface area contributed by atoms with Crippen LogP contribution in [0.25, 0.3) is 0 Å². The van der Waals surface area contributed by atoms with Crippen molar-refractivity contribution in [1.82, 2.24) is 10.2 Å². The third-order valence-corrected chi connectivity index (χ3v) is 2.58. The van der Waals surface area contributed by atoms with E-state index in [-0.39, 0.29) is 31.5 Å². The lowest BCUT2D eigenvalue weighted by molar-refractivity contribution is -0.149. The van der Waals surface area contributed by atoms with Crippen LogP contribution in [-0.4, -0.2) is 48.4 Å². The van der Waals surface area contributed by atoms with E-state index in [1.807, 2.05) is 0 Å². The van der Waals surface area contributed by atoms with Gasteiger partial charge in [-0.2, -0.15) is 0 Å². The molecule has 0 saturated carbocycles. The molecule has 0 aromatic heterocycles. The maximum absolute atomic E-state index is 12.1. The number of esters is 1. The number of ether oxygens (including phenoxy) is 1. The largest absolute Gasteiger partial charge is 0.465 e. The summed E-state index contributed by atoms with van der Waals surface area (Å²) in [6, 6.07) is -0.535. The smallest absolute Gasteiger partial charge is 0.325 e. The fraction of sp³-hybridized carbons (Fsp3) is 0.583. The maximum Gasteiger partial charge on any atom is 0.325 e. The molecule has 2 amide bonds. The summed E-state index contributed by atoms with van der Waals surface area (Å²) >= 11 is 0. The van der Waals surface area contributed by atoms with Gasteiger partial charge in [0.1, 0.15) is 12.6 Å². The molecule has 18 heavy (non-hydrogen) atoms. The second kappa shape index (κ2) is 6.78. The van der Waals surface area contributed by atoms with E-state index < -0.39 is 12.0 Å². The summed E-state index contributed by atoms with van der Waals surface area (Å²) in [5.41, 5.74) is 0. The highest BCUT2D eigenvalue weighted by Gasteiger charge is 2.31. The van der Waals surface area contributed by atoms with Crippen molar-refractivity contribution in [3.05, 3.63) is 12.7 Å². The van der Waals surface area contributed by atoms with E-state index in [2.05, 4.69) is 11.9 Å². The first-order chi connectivity index (χ1) is 8.58. The zero-order valence-electron chi connectivity index (χ0n) is 10.5. The molecule has 0 aromatic carbocycles. The van der Waals surface area contributed by atoms with Gasteiger partial charge in [0.25, 0.3) is 0 Å². The Labute approximate surface area is 106 Å². The van der Waals surface area contributed by atoms with Crippen molar-refractivity contribution in [3.63, 3.8) is 0 Å². The van der Waals surface area contributed by atoms with Crippen molar-refractivity contribution < 1.29 is 19.1 Å². The molecule has 100 valence electrons. The van der Waals surface area contributed by atoms with Crippen LogP contribution in [0, 0.1) is 0 Å². The van der Waals surface area contributed by atoms with Crippen LogP contribution in [0.3, 0.4) is 0 Å². The summed E-state index contributed by atoms with van der Waals surface area (Å²) in [7, 11) is 0. The average Bonchev–Trinajstić information content (AvgIpc) is 2.75. The van der Waals surface area contributed by atoms with Crippen molar-refractivity contribution in [3.8, 4) is 0 Å². The number of hydrogen-bond donors (Lipinski definition) is 1. The summed E-state index contributed by atoms with van der Waals surface area (Å²) in [6.07, 6.45) is 2.35. The minimum atomic E-state index is -0.535. The fourth-order valence-corrected chi connectivity index (χ4v) is 1.77. The Bertz CT molecular complexity index is 354. The lowest BCUT2D eigenvalue weighted by atomic mass is 10.2. The molecule has 1 atom stereocenters. The van der Waals surface area contributed by atoms with Crippen LogP contribution in [0.15, 0.2) is 12.7 Å². The quantitative estimate of drug-likeness (QED) is 0.528. The zero-order valence-corrected chi connectivity index (χ0v) is 10.5. The molecule has 0 radical (unpaired) electrons. The van der Waals surface area contributed by atoms with Crippen LogP contribution in [0.4, 0.5) is 0 Å². The summed E-state index contributed by atoms with van der Waals surface area (Å²) in [6.45, 7) is 5.65. The van der Waals surface area contributed by atoms with Gasteiger partial charge in [0, 0.05) is 13.0 Å². The molecule has 1 saturated heterocycles. The SMILES string of the molecule is C=CCN(CC(=O)OCC)C(=O)[C@@H]1CCC(=O)N1. The van der Waals surface area contributed by atoms with Crippen LogP contribution < -0.4 is 5.32 Å². The summed E-state index contributed by atoms with van der Waals surface area (Å²) in [5, 5.41) is 2.58. The van der Waals surface area contributed by atoms with Gasteiger partial charge in [-0.05, 0) is 13.3 Å². The standard InChI is InChI=1S/C12H18N2O4/c1-3-7-14(8-11(16)18-4-2)12(17)9-5-6-10(15)13-9/h3,9H,1,4-8H2,2H3,(H,13,15)/t9-/m0/s1. The van der Waals surface area contributed by atoms with E-state index in [4.69, 9.17) is 4.74 Å². The highest BCUT2D eigenvalue weighted by Crippen LogP contribution is 2.10. The molecular weight excluding hydrogens is 236 g/mol. The van der Waals surface area contributed by atoms with Gasteiger partial charge < -0.3 is 15.0 Å². The van der Waals surface area contributed by atoms with Crippen LogP contribution in [0.1, 0.15) is 19.8 Å². The molecule has 1 heterocycles. The highest BCUT2D eigenvalue weighted by molar-refractivity contribution is 5.92. The summed E-state index contributed by atoms with van der Waals surface area (Å²) in [5.74, 6) is -0.867. The minimum Gasteiger partial charge on any atom is -0.465 e. The molecule has 6 heteroatoms. The average molecular weight is 254 g/mol. The number of nitrogens with one attached hydrogen (secondary N) is 1. The highest BCUT2D eigenvalue weighted by atomic mass is 16.5. The number of amides is 2. The summed E-state index contributed by atoms with van der Waals surface area (Å²) in [4.78, 5) is 35.9. The second-order valence-electron chi connectivity index (χ2n) is 3.97. The van der Waals surface area contributed by atoms with Crippen LogP contribution in [0.2, 0.25) is 0 Å². The lowest BCUT2D eigenvalue weighted by Gasteiger charge is -2.23. The maximum atomic E-state index is 12.1. The molecule has 0 bridgehead atoms. The predicted octanol–water partition coefficient (Wildman–Crippen LogP) is -0.157. The van der Waals surface area contributed by atoms with E-state index in [0.29, 0.717) is 12.8 Å². The Morgan fingerprint density at radius 1 is 1.61 bits per heavy atom. The van der Waals surface area contributed by atoms with Crippen molar-refractivity contribution in [1.29, 1.82) is 0 Å². The molecule has 0 unspecified atom stereocenters. The van der Waals surface area contributed by atoms with Crippen LogP contribution in [-0.2, 0) is 19.1 Å². The Morgan fingerprint density at radius 3 is 2.83 bits per heavy atom. The van der Waals surface area contributed by atoms with Crippen molar-refractivity contribution in [2.24, 2.45) is 0 Å².